The average Bonchev–Trinajstić information content (AvgIpc) is 1.84. The van der Waals surface area contributed by atoms with Gasteiger partial charge in [0, 0.05) is 0 Å². The Morgan fingerprint density at radius 2 is 2.38 bits per heavy atom. The maximum absolute atomic E-state index is 10.0. The highest BCUT2D eigenvalue weighted by Gasteiger charge is 2.12. The third kappa shape index (κ3) is 1.90. The number of esters is 1. The van der Waals surface area contributed by atoms with E-state index in [4.69, 9.17) is 10.2 Å². The van der Waals surface area contributed by atoms with Crippen molar-refractivity contribution in [2.45, 2.75) is 6.10 Å². The molecule has 0 rings (SSSR count). The number of hydrogen-bond donors (Lipinski definition) is 2. The molecule has 1 unspecified atom stereocenters. The van der Waals surface area contributed by atoms with Gasteiger partial charge in [-0.25, -0.2) is 4.79 Å². The molecular weight excluding hydrogens is 112 g/mol. The predicted octanol–water partition coefficient (Wildman–Crippen LogP) is -1.33. The molecular formula is C4H7O4. The Kier molecular flexibility index (Phi) is 3.14. The first-order chi connectivity index (χ1) is 3.72. The van der Waals surface area contributed by atoms with Crippen molar-refractivity contribution in [1.29, 1.82) is 0 Å². The highest BCUT2D eigenvalue weighted by Crippen LogP contribution is 1.83. The smallest absolute Gasteiger partial charge is 0.337 e. The Morgan fingerprint density at radius 1 is 1.88 bits per heavy atom. The first kappa shape index (κ1) is 7.39. The molecule has 4 nitrogen and oxygen atoms in total. The number of rotatable bonds is 2. The number of aliphatic hydroxyl groups is 2. The largest absolute Gasteiger partial charge is 0.460 e. The zero-order valence-corrected chi connectivity index (χ0v) is 4.20. The fraction of sp³-hybridized carbons (Fsp3) is 0.500. The fourth-order valence-corrected chi connectivity index (χ4v) is 0.171. The minimum atomic E-state index is -1.45. The van der Waals surface area contributed by atoms with Gasteiger partial charge < -0.3 is 14.9 Å². The summed E-state index contributed by atoms with van der Waals surface area (Å²) in [6, 6.07) is 0. The van der Waals surface area contributed by atoms with Crippen molar-refractivity contribution < 1.29 is 19.7 Å². The summed E-state index contributed by atoms with van der Waals surface area (Å²) in [6.07, 6.45) is -1.45. The normalized spacial score (nSPS) is 12.9. The van der Waals surface area contributed by atoms with Gasteiger partial charge in [-0.3, -0.25) is 0 Å². The molecule has 8 heavy (non-hydrogen) atoms. The van der Waals surface area contributed by atoms with E-state index in [9.17, 15) is 4.79 Å². The summed E-state index contributed by atoms with van der Waals surface area (Å²) in [5, 5.41) is 16.4. The third-order valence-corrected chi connectivity index (χ3v) is 0.587. The molecule has 47 valence electrons. The van der Waals surface area contributed by atoms with Gasteiger partial charge in [0.05, 0.1) is 6.61 Å². The van der Waals surface area contributed by atoms with Crippen LogP contribution in [0.3, 0.4) is 0 Å². The van der Waals surface area contributed by atoms with Crippen LogP contribution in [0.1, 0.15) is 0 Å². The van der Waals surface area contributed by atoms with Gasteiger partial charge >= 0.3 is 5.97 Å². The Labute approximate surface area is 46.7 Å². The Hall–Kier alpha value is -0.610. The van der Waals surface area contributed by atoms with Crippen LogP contribution in [0.5, 0.6) is 0 Å². The lowest BCUT2D eigenvalue weighted by atomic mass is 10.4. The summed E-state index contributed by atoms with van der Waals surface area (Å²) in [5.41, 5.74) is 0. The van der Waals surface area contributed by atoms with Crippen molar-refractivity contribution in [3.63, 3.8) is 0 Å². The first-order valence-corrected chi connectivity index (χ1v) is 1.97. The lowest BCUT2D eigenvalue weighted by Gasteiger charge is -2.01. The molecule has 0 aromatic heterocycles. The van der Waals surface area contributed by atoms with Gasteiger partial charge in [0.1, 0.15) is 7.11 Å². The van der Waals surface area contributed by atoms with Crippen molar-refractivity contribution in [3.8, 4) is 0 Å². The van der Waals surface area contributed by atoms with Gasteiger partial charge in [0.2, 0.25) is 0 Å². The minimum Gasteiger partial charge on any atom is -0.460 e. The summed E-state index contributed by atoms with van der Waals surface area (Å²) in [7, 11) is 2.73. The maximum Gasteiger partial charge on any atom is 0.337 e. The molecule has 0 aromatic carbocycles. The molecule has 0 fully saturated rings. The number of aliphatic hydroxyl groups excluding tert-OH is 2. The Bertz CT molecular complexity index is 80.1. The van der Waals surface area contributed by atoms with Crippen molar-refractivity contribution in [3.05, 3.63) is 7.11 Å². The van der Waals surface area contributed by atoms with Gasteiger partial charge in [-0.1, -0.05) is 0 Å². The molecule has 0 aliphatic heterocycles. The van der Waals surface area contributed by atoms with Crippen molar-refractivity contribution in [2.75, 3.05) is 6.61 Å². The quantitative estimate of drug-likeness (QED) is 0.442. The van der Waals surface area contributed by atoms with Gasteiger partial charge in [-0.05, 0) is 0 Å². The van der Waals surface area contributed by atoms with Gasteiger partial charge in [0.25, 0.3) is 0 Å². The molecule has 0 aliphatic carbocycles. The average molecular weight is 119 g/mol. The summed E-state index contributed by atoms with van der Waals surface area (Å²) in [5.74, 6) is -0.924. The summed E-state index contributed by atoms with van der Waals surface area (Å²) in [4.78, 5) is 10.0. The maximum atomic E-state index is 10.0. The SMILES string of the molecule is [CH2]OC(=O)C(O)CO. The highest BCUT2D eigenvalue weighted by molar-refractivity contribution is 5.74. The van der Waals surface area contributed by atoms with E-state index >= 15 is 0 Å². The van der Waals surface area contributed by atoms with Crippen molar-refractivity contribution in [2.24, 2.45) is 0 Å². The van der Waals surface area contributed by atoms with Gasteiger partial charge in [-0.15, -0.1) is 0 Å². The second-order valence-corrected chi connectivity index (χ2v) is 1.16. The number of hydrogen-bond acceptors (Lipinski definition) is 4. The van der Waals surface area contributed by atoms with E-state index in [-0.39, 0.29) is 0 Å². The molecule has 0 amide bonds. The van der Waals surface area contributed by atoms with Crippen LogP contribution in [0.4, 0.5) is 0 Å². The summed E-state index contributed by atoms with van der Waals surface area (Å²) < 4.78 is 3.80. The van der Waals surface area contributed by atoms with Crippen molar-refractivity contribution >= 4 is 5.97 Å². The van der Waals surface area contributed by atoms with Crippen molar-refractivity contribution in [1.82, 2.24) is 0 Å². The van der Waals surface area contributed by atoms with E-state index in [1.165, 1.54) is 0 Å². The molecule has 4 heteroatoms. The van der Waals surface area contributed by atoms with Gasteiger partial charge in [-0.2, -0.15) is 0 Å². The number of carbonyl (C=O) groups is 1. The molecule has 0 bridgehead atoms. The highest BCUT2D eigenvalue weighted by atomic mass is 16.5. The molecule has 0 aliphatic rings. The zero-order chi connectivity index (χ0) is 6.57. The molecule has 0 spiro atoms. The van der Waals surface area contributed by atoms with Crippen LogP contribution in [0.15, 0.2) is 0 Å². The van der Waals surface area contributed by atoms with E-state index in [1.54, 1.807) is 0 Å². The Balaban J connectivity index is 3.46. The zero-order valence-electron chi connectivity index (χ0n) is 4.20. The van der Waals surface area contributed by atoms with E-state index in [1.807, 2.05) is 0 Å². The van der Waals surface area contributed by atoms with Crippen LogP contribution >= 0.6 is 0 Å². The molecule has 1 radical (unpaired) electrons. The van der Waals surface area contributed by atoms with Crippen LogP contribution in [-0.2, 0) is 9.53 Å². The lowest BCUT2D eigenvalue weighted by Crippen LogP contribution is -2.24. The van der Waals surface area contributed by atoms with E-state index < -0.39 is 18.7 Å². The fourth-order valence-electron chi connectivity index (χ4n) is 0.171. The Morgan fingerprint density at radius 3 is 2.50 bits per heavy atom. The molecule has 0 aromatic rings. The van der Waals surface area contributed by atoms with Crippen LogP contribution < -0.4 is 0 Å². The van der Waals surface area contributed by atoms with Crippen LogP contribution in [-0.4, -0.2) is 28.9 Å². The topological polar surface area (TPSA) is 66.8 Å². The third-order valence-electron chi connectivity index (χ3n) is 0.587. The summed E-state index contributed by atoms with van der Waals surface area (Å²) >= 11 is 0. The molecule has 0 saturated heterocycles. The van der Waals surface area contributed by atoms with Crippen LogP contribution in [0, 0.1) is 7.11 Å². The van der Waals surface area contributed by atoms with Crippen LogP contribution in [0.25, 0.3) is 0 Å². The second-order valence-electron chi connectivity index (χ2n) is 1.16. The molecule has 2 N–H and O–H groups in total. The molecule has 1 atom stereocenters. The summed E-state index contributed by atoms with van der Waals surface area (Å²) in [6.45, 7) is -0.631. The number of ether oxygens (including phenoxy) is 1. The van der Waals surface area contributed by atoms with E-state index in [0.717, 1.165) is 0 Å². The van der Waals surface area contributed by atoms with E-state index in [0.29, 0.717) is 0 Å². The standard InChI is InChI=1S/C4H7O4/c1-8-4(7)3(6)2-5/h3,5-6H,1-2H2. The van der Waals surface area contributed by atoms with Crippen LogP contribution in [0.2, 0.25) is 0 Å². The lowest BCUT2D eigenvalue weighted by molar-refractivity contribution is -0.150. The van der Waals surface area contributed by atoms with E-state index in [2.05, 4.69) is 11.8 Å². The minimum absolute atomic E-state index is 0.631. The first-order valence-electron chi connectivity index (χ1n) is 1.97. The second kappa shape index (κ2) is 3.40. The number of carbonyl (C=O) groups excluding carboxylic acids is 1. The van der Waals surface area contributed by atoms with Gasteiger partial charge in [0.15, 0.2) is 6.10 Å². The molecule has 0 heterocycles. The monoisotopic (exact) mass is 119 g/mol. The molecule has 0 saturated carbocycles. The predicted molar refractivity (Wildman–Crippen MR) is 24.5 cm³/mol.